The Kier molecular flexibility index (Phi) is 6.47. The molecule has 2 aliphatic rings. The highest BCUT2D eigenvalue weighted by Crippen LogP contribution is 2.43. The number of benzene rings is 1. The molecule has 29 heavy (non-hydrogen) atoms. The third kappa shape index (κ3) is 4.88. The molecule has 1 aromatic carbocycles. The van der Waals surface area contributed by atoms with Crippen LogP contribution in [0.15, 0.2) is 24.3 Å². The van der Waals surface area contributed by atoms with E-state index in [-0.39, 0.29) is 17.4 Å². The monoisotopic (exact) mass is 420 g/mol. The van der Waals surface area contributed by atoms with Crippen LogP contribution in [-0.4, -0.2) is 51.6 Å². The van der Waals surface area contributed by atoms with Gasteiger partial charge in [0.1, 0.15) is 0 Å². The molecule has 5 nitrogen and oxygen atoms in total. The van der Waals surface area contributed by atoms with Crippen LogP contribution in [0, 0.1) is 0 Å². The Labute approximate surface area is 179 Å². The summed E-state index contributed by atoms with van der Waals surface area (Å²) in [5.41, 5.74) is 0.326. The van der Waals surface area contributed by atoms with Gasteiger partial charge in [0.05, 0.1) is 0 Å². The van der Waals surface area contributed by atoms with Crippen LogP contribution in [-0.2, 0) is 10.2 Å². The van der Waals surface area contributed by atoms with Gasteiger partial charge in [-0.3, -0.25) is 4.79 Å². The van der Waals surface area contributed by atoms with E-state index < -0.39 is 11.6 Å². The summed E-state index contributed by atoms with van der Waals surface area (Å²) in [6.07, 6.45) is 5.33. The second-order valence-electron chi connectivity index (χ2n) is 9.61. The highest BCUT2D eigenvalue weighted by atomic mass is 35.5. The maximum absolute atomic E-state index is 12.4. The molecule has 2 amide bonds. The van der Waals surface area contributed by atoms with E-state index in [0.29, 0.717) is 18.0 Å². The van der Waals surface area contributed by atoms with E-state index in [1.807, 2.05) is 39.0 Å². The fourth-order valence-corrected chi connectivity index (χ4v) is 5.12. The lowest BCUT2D eigenvalue weighted by Gasteiger charge is -2.48. The molecule has 2 fully saturated rings. The first-order chi connectivity index (χ1) is 13.6. The lowest BCUT2D eigenvalue weighted by Crippen LogP contribution is -2.54. The van der Waals surface area contributed by atoms with Gasteiger partial charge in [-0.25, -0.2) is 4.79 Å². The van der Waals surface area contributed by atoms with Crippen molar-refractivity contribution in [2.45, 2.75) is 82.7 Å². The van der Waals surface area contributed by atoms with Crippen molar-refractivity contribution in [3.63, 3.8) is 0 Å². The van der Waals surface area contributed by atoms with E-state index in [9.17, 15) is 14.7 Å². The largest absolute Gasteiger partial charge is 0.465 e. The topological polar surface area (TPSA) is 60.9 Å². The van der Waals surface area contributed by atoms with Gasteiger partial charge >= 0.3 is 6.09 Å². The molecule has 1 aliphatic heterocycles. The summed E-state index contributed by atoms with van der Waals surface area (Å²) in [5, 5.41) is 10.6. The normalized spacial score (nSPS) is 25.7. The number of hydrogen-bond acceptors (Lipinski definition) is 2. The molecule has 0 atom stereocenters. The zero-order chi connectivity index (χ0) is 21.2. The fourth-order valence-electron chi connectivity index (χ4n) is 4.93. The maximum atomic E-state index is 12.4. The molecule has 3 rings (SSSR count). The van der Waals surface area contributed by atoms with Crippen LogP contribution >= 0.6 is 11.6 Å². The predicted octanol–water partition coefficient (Wildman–Crippen LogP) is 5.31. The Morgan fingerprint density at radius 2 is 1.97 bits per heavy atom. The Morgan fingerprint density at radius 3 is 2.52 bits per heavy atom. The SMILES string of the molecule is CC(C)(C)N(CC1(c2cccc(Cl)c2)CCC(N2CCCCC2=O)CC1)C(=O)O. The molecular formula is C23H33ClN2O3. The van der Waals surface area contributed by atoms with E-state index in [1.54, 1.807) is 4.90 Å². The summed E-state index contributed by atoms with van der Waals surface area (Å²) in [6.45, 7) is 7.10. The average Bonchev–Trinajstić information content (AvgIpc) is 2.66. The van der Waals surface area contributed by atoms with Crippen LogP contribution in [0.5, 0.6) is 0 Å². The summed E-state index contributed by atoms with van der Waals surface area (Å²) < 4.78 is 0. The molecule has 1 saturated carbocycles. The third-order valence-corrected chi connectivity index (χ3v) is 6.89. The van der Waals surface area contributed by atoms with Gasteiger partial charge in [-0.05, 0) is 77.0 Å². The highest BCUT2D eigenvalue weighted by Gasteiger charge is 2.43. The standard InChI is InChI=1S/C23H33ClN2O3/c1-22(2,3)26(21(28)29)16-23(17-7-6-8-18(24)15-17)12-10-19(11-13-23)25-14-5-4-9-20(25)27/h6-8,15,19H,4-5,9-14,16H2,1-3H3,(H,28,29). The van der Waals surface area contributed by atoms with Gasteiger partial charge in [0.15, 0.2) is 0 Å². The average molecular weight is 421 g/mol. The second kappa shape index (κ2) is 8.55. The first-order valence-electron chi connectivity index (χ1n) is 10.7. The Hall–Kier alpha value is -1.75. The van der Waals surface area contributed by atoms with Crippen LogP contribution in [0.4, 0.5) is 4.79 Å². The molecule has 6 heteroatoms. The van der Waals surface area contributed by atoms with E-state index in [1.165, 1.54) is 0 Å². The molecule has 1 aromatic rings. The molecule has 0 bridgehead atoms. The van der Waals surface area contributed by atoms with Crippen LogP contribution < -0.4 is 0 Å². The van der Waals surface area contributed by atoms with Crippen molar-refractivity contribution in [1.29, 1.82) is 0 Å². The van der Waals surface area contributed by atoms with E-state index >= 15 is 0 Å². The number of likely N-dealkylation sites (tertiary alicyclic amines) is 1. The van der Waals surface area contributed by atoms with Gasteiger partial charge in [-0.2, -0.15) is 0 Å². The highest BCUT2D eigenvalue weighted by molar-refractivity contribution is 6.30. The summed E-state index contributed by atoms with van der Waals surface area (Å²) in [4.78, 5) is 28.1. The minimum Gasteiger partial charge on any atom is -0.465 e. The molecule has 1 saturated heterocycles. The minimum atomic E-state index is -0.896. The molecule has 1 heterocycles. The number of halogens is 1. The van der Waals surface area contributed by atoms with Crippen molar-refractivity contribution in [3.05, 3.63) is 34.9 Å². The van der Waals surface area contributed by atoms with Crippen LogP contribution in [0.3, 0.4) is 0 Å². The van der Waals surface area contributed by atoms with E-state index in [4.69, 9.17) is 11.6 Å². The molecule has 0 radical (unpaired) electrons. The van der Waals surface area contributed by atoms with Crippen molar-refractivity contribution in [3.8, 4) is 0 Å². The van der Waals surface area contributed by atoms with Gasteiger partial charge in [-0.15, -0.1) is 0 Å². The molecule has 0 aromatic heterocycles. The van der Waals surface area contributed by atoms with Crippen molar-refractivity contribution in [2.75, 3.05) is 13.1 Å². The van der Waals surface area contributed by atoms with Gasteiger partial charge in [0.2, 0.25) is 5.91 Å². The minimum absolute atomic E-state index is 0.267. The molecule has 1 N–H and O–H groups in total. The number of carbonyl (C=O) groups is 2. The number of hydrogen-bond donors (Lipinski definition) is 1. The first kappa shape index (κ1) is 21.9. The van der Waals surface area contributed by atoms with Crippen molar-refractivity contribution in [2.24, 2.45) is 0 Å². The lowest BCUT2D eigenvalue weighted by molar-refractivity contribution is -0.136. The smallest absolute Gasteiger partial charge is 0.407 e. The third-order valence-electron chi connectivity index (χ3n) is 6.65. The number of rotatable bonds is 4. The fraction of sp³-hybridized carbons (Fsp3) is 0.652. The number of nitrogens with zero attached hydrogens (tertiary/aromatic N) is 2. The van der Waals surface area contributed by atoms with Crippen molar-refractivity contribution in [1.82, 2.24) is 9.80 Å². The molecule has 0 spiro atoms. The molecule has 0 unspecified atom stereocenters. The molecule has 1 aliphatic carbocycles. The van der Waals surface area contributed by atoms with Crippen LogP contribution in [0.25, 0.3) is 0 Å². The van der Waals surface area contributed by atoms with Crippen LogP contribution in [0.2, 0.25) is 5.02 Å². The number of carboxylic acid groups (broad SMARTS) is 1. The summed E-state index contributed by atoms with van der Waals surface area (Å²) in [6, 6.07) is 8.12. The van der Waals surface area contributed by atoms with E-state index in [2.05, 4.69) is 11.0 Å². The van der Waals surface area contributed by atoms with Gasteiger partial charge in [0.25, 0.3) is 0 Å². The second-order valence-corrected chi connectivity index (χ2v) is 10.0. The Balaban J connectivity index is 1.87. The quantitative estimate of drug-likeness (QED) is 0.717. The van der Waals surface area contributed by atoms with Gasteiger partial charge in [0, 0.05) is 41.5 Å². The molecule has 160 valence electrons. The first-order valence-corrected chi connectivity index (χ1v) is 11.1. The van der Waals surface area contributed by atoms with Gasteiger partial charge in [-0.1, -0.05) is 23.7 Å². The number of amides is 2. The lowest BCUT2D eigenvalue weighted by atomic mass is 9.67. The number of carbonyl (C=O) groups excluding carboxylic acids is 1. The summed E-state index contributed by atoms with van der Waals surface area (Å²) >= 11 is 6.30. The van der Waals surface area contributed by atoms with Crippen molar-refractivity contribution < 1.29 is 14.7 Å². The Bertz CT molecular complexity index is 751. The number of piperidine rings is 1. The van der Waals surface area contributed by atoms with Crippen molar-refractivity contribution >= 4 is 23.6 Å². The maximum Gasteiger partial charge on any atom is 0.407 e. The Morgan fingerprint density at radius 1 is 1.28 bits per heavy atom. The zero-order valence-corrected chi connectivity index (χ0v) is 18.5. The summed E-state index contributed by atoms with van der Waals surface area (Å²) in [7, 11) is 0. The predicted molar refractivity (Wildman–Crippen MR) is 115 cm³/mol. The van der Waals surface area contributed by atoms with E-state index in [0.717, 1.165) is 50.6 Å². The zero-order valence-electron chi connectivity index (χ0n) is 17.8. The van der Waals surface area contributed by atoms with Crippen LogP contribution in [0.1, 0.15) is 71.3 Å². The molecular weight excluding hydrogens is 388 g/mol. The summed E-state index contributed by atoms with van der Waals surface area (Å²) in [5.74, 6) is 0.276. The van der Waals surface area contributed by atoms with Gasteiger partial charge < -0.3 is 14.9 Å².